The molecule has 8 nitrogen and oxygen atoms in total. The summed E-state index contributed by atoms with van der Waals surface area (Å²) < 4.78 is 13.4. The molecule has 1 atom stereocenters. The zero-order chi connectivity index (χ0) is 26.9. The van der Waals surface area contributed by atoms with Crippen LogP contribution in [0.15, 0.2) is 24.3 Å². The van der Waals surface area contributed by atoms with Gasteiger partial charge in [0.25, 0.3) is 5.91 Å². The second-order valence-corrected chi connectivity index (χ2v) is 10.9. The van der Waals surface area contributed by atoms with Crippen LogP contribution in [0.3, 0.4) is 0 Å². The van der Waals surface area contributed by atoms with Crippen LogP contribution in [0.4, 0.5) is 0 Å². The highest BCUT2D eigenvalue weighted by Crippen LogP contribution is 2.41. The molecule has 0 saturated heterocycles. The molecular weight excluding hydrogens is 482 g/mol. The number of nitrogens with zero attached hydrogens (tertiary/aromatic N) is 2. The Kier molecular flexibility index (Phi) is 10.1. The maximum absolute atomic E-state index is 13.5. The average Bonchev–Trinajstić information content (AvgIpc) is 3.19. The molecule has 0 radical (unpaired) electrons. The van der Waals surface area contributed by atoms with Crippen LogP contribution in [0.2, 0.25) is 0 Å². The highest BCUT2D eigenvalue weighted by molar-refractivity contribution is 5.94. The molecule has 0 bridgehead atoms. The van der Waals surface area contributed by atoms with E-state index in [9.17, 15) is 14.7 Å². The minimum absolute atomic E-state index is 0.0883. The van der Waals surface area contributed by atoms with Crippen LogP contribution in [0.1, 0.15) is 106 Å². The van der Waals surface area contributed by atoms with Gasteiger partial charge in [-0.05, 0) is 49.8 Å². The van der Waals surface area contributed by atoms with E-state index < -0.39 is 12.0 Å². The van der Waals surface area contributed by atoms with Crippen LogP contribution in [0.25, 0.3) is 11.3 Å². The van der Waals surface area contributed by atoms with Crippen LogP contribution in [-0.2, 0) is 4.79 Å². The third-order valence-corrected chi connectivity index (χ3v) is 8.23. The fourth-order valence-electron chi connectivity index (χ4n) is 6.18. The van der Waals surface area contributed by atoms with Crippen molar-refractivity contribution < 1.29 is 24.2 Å². The van der Waals surface area contributed by atoms with Crippen molar-refractivity contribution in [2.75, 3.05) is 14.2 Å². The minimum atomic E-state index is -0.901. The van der Waals surface area contributed by atoms with Gasteiger partial charge < -0.3 is 19.9 Å². The Morgan fingerprint density at radius 2 is 1.61 bits per heavy atom. The van der Waals surface area contributed by atoms with Crippen LogP contribution in [-0.4, -0.2) is 47.0 Å². The Balaban J connectivity index is 1.62. The number of benzene rings is 1. The third-order valence-electron chi connectivity index (χ3n) is 8.23. The van der Waals surface area contributed by atoms with Crippen LogP contribution < -0.4 is 14.8 Å². The maximum Gasteiger partial charge on any atom is 0.305 e. The van der Waals surface area contributed by atoms with E-state index in [1.165, 1.54) is 44.9 Å². The van der Waals surface area contributed by atoms with E-state index in [4.69, 9.17) is 14.6 Å². The molecule has 2 saturated carbocycles. The highest BCUT2D eigenvalue weighted by Gasteiger charge is 2.27. The molecule has 2 aliphatic carbocycles. The van der Waals surface area contributed by atoms with E-state index in [1.807, 2.05) is 22.9 Å². The molecule has 208 valence electrons. The minimum Gasteiger partial charge on any atom is -0.496 e. The van der Waals surface area contributed by atoms with Crippen molar-refractivity contribution in [3.63, 3.8) is 0 Å². The van der Waals surface area contributed by atoms with E-state index >= 15 is 0 Å². The first-order valence-electron chi connectivity index (χ1n) is 14.3. The molecule has 4 rings (SSSR count). The van der Waals surface area contributed by atoms with E-state index in [0.717, 1.165) is 43.4 Å². The number of carboxylic acid groups (broad SMARTS) is 1. The Morgan fingerprint density at radius 1 is 1.00 bits per heavy atom. The van der Waals surface area contributed by atoms with Gasteiger partial charge in [-0.15, -0.1) is 0 Å². The highest BCUT2D eigenvalue weighted by atomic mass is 16.5. The first kappa shape index (κ1) is 28.0. The largest absolute Gasteiger partial charge is 0.496 e. The topological polar surface area (TPSA) is 103 Å². The smallest absolute Gasteiger partial charge is 0.305 e. The van der Waals surface area contributed by atoms with Crippen molar-refractivity contribution in [3.8, 4) is 22.8 Å². The average molecular weight is 526 g/mol. The van der Waals surface area contributed by atoms with Gasteiger partial charge in [0, 0.05) is 6.04 Å². The summed E-state index contributed by atoms with van der Waals surface area (Å²) >= 11 is 0. The van der Waals surface area contributed by atoms with Crippen LogP contribution in [0, 0.1) is 5.92 Å². The van der Waals surface area contributed by atoms with Gasteiger partial charge >= 0.3 is 5.97 Å². The molecule has 2 fully saturated rings. The predicted octanol–water partition coefficient (Wildman–Crippen LogP) is 6.40. The molecule has 2 N–H and O–H groups in total. The number of ether oxygens (including phenoxy) is 2. The molecule has 38 heavy (non-hydrogen) atoms. The van der Waals surface area contributed by atoms with E-state index in [-0.39, 0.29) is 18.4 Å². The first-order valence-corrected chi connectivity index (χ1v) is 14.3. The number of carboxylic acids is 1. The number of aliphatic carboxylic acids is 1. The summed E-state index contributed by atoms with van der Waals surface area (Å²) in [5.41, 5.74) is 1.85. The predicted molar refractivity (Wildman–Crippen MR) is 147 cm³/mol. The summed E-state index contributed by atoms with van der Waals surface area (Å²) in [6.07, 6.45) is 14.3. The summed E-state index contributed by atoms with van der Waals surface area (Å²) in [4.78, 5) is 25.1. The lowest BCUT2D eigenvalue weighted by molar-refractivity contribution is -0.137. The second kappa shape index (κ2) is 13.7. The van der Waals surface area contributed by atoms with Crippen molar-refractivity contribution >= 4 is 11.9 Å². The molecule has 0 aliphatic heterocycles. The number of methoxy groups -OCH3 is 2. The molecule has 8 heteroatoms. The number of aromatic nitrogens is 2. The number of amides is 1. The summed E-state index contributed by atoms with van der Waals surface area (Å²) in [7, 11) is 3.25. The SMILES string of the molecule is COc1cccc(OC)c1-c1cc(C(=O)N[C@@H](CCC2CCCCC2)CC(=O)O)nn1C1CCCCCC1. The zero-order valence-corrected chi connectivity index (χ0v) is 22.9. The fourth-order valence-corrected chi connectivity index (χ4v) is 6.18. The monoisotopic (exact) mass is 525 g/mol. The van der Waals surface area contributed by atoms with Crippen molar-refractivity contribution in [3.05, 3.63) is 30.0 Å². The second-order valence-electron chi connectivity index (χ2n) is 10.9. The molecule has 1 aromatic carbocycles. The summed E-state index contributed by atoms with van der Waals surface area (Å²) in [5.74, 6) is 0.699. The van der Waals surface area contributed by atoms with Crippen LogP contribution in [0.5, 0.6) is 11.5 Å². The standard InChI is InChI=1S/C30H43N3O5/c1-37-26-15-10-16-27(38-2)29(26)25-20-24(32-33(25)23-13-8-3-4-9-14-23)30(36)31-22(19-28(34)35)18-17-21-11-6-5-7-12-21/h10,15-16,20-23H,3-9,11-14,17-19H2,1-2H3,(H,31,36)(H,34,35)/t22-/m0/s1. The van der Waals surface area contributed by atoms with Gasteiger partial charge in [-0.1, -0.05) is 63.9 Å². The number of carbonyl (C=O) groups excluding carboxylic acids is 1. The lowest BCUT2D eigenvalue weighted by Crippen LogP contribution is -2.37. The number of hydrogen-bond acceptors (Lipinski definition) is 5. The Bertz CT molecular complexity index is 1050. The summed E-state index contributed by atoms with van der Waals surface area (Å²) in [6.45, 7) is 0. The maximum atomic E-state index is 13.5. The molecule has 0 spiro atoms. The van der Waals surface area contributed by atoms with Crippen molar-refractivity contribution in [2.45, 2.75) is 102 Å². The Hall–Kier alpha value is -3.03. The van der Waals surface area contributed by atoms with Gasteiger partial charge in [-0.2, -0.15) is 5.10 Å². The molecule has 0 unspecified atom stereocenters. The van der Waals surface area contributed by atoms with Crippen molar-refractivity contribution in [2.24, 2.45) is 5.92 Å². The van der Waals surface area contributed by atoms with Gasteiger partial charge in [-0.25, -0.2) is 0 Å². The number of nitrogens with one attached hydrogen (secondary N) is 1. The molecular formula is C30H43N3O5. The molecule has 2 aliphatic rings. The Labute approximate surface area is 226 Å². The van der Waals surface area contributed by atoms with E-state index in [1.54, 1.807) is 20.3 Å². The fraction of sp³-hybridized carbons (Fsp3) is 0.633. The van der Waals surface area contributed by atoms with Gasteiger partial charge in [0.2, 0.25) is 0 Å². The van der Waals surface area contributed by atoms with Gasteiger partial charge in [0.1, 0.15) is 11.5 Å². The Morgan fingerprint density at radius 3 is 2.21 bits per heavy atom. The number of rotatable bonds is 11. The quantitative estimate of drug-likeness (QED) is 0.329. The van der Waals surface area contributed by atoms with Crippen LogP contribution >= 0.6 is 0 Å². The third kappa shape index (κ3) is 7.08. The molecule has 1 heterocycles. The van der Waals surface area contributed by atoms with Gasteiger partial charge in [0.15, 0.2) is 5.69 Å². The zero-order valence-electron chi connectivity index (χ0n) is 22.9. The number of carbonyl (C=O) groups is 2. The van der Waals surface area contributed by atoms with Gasteiger partial charge in [0.05, 0.1) is 37.9 Å². The lowest BCUT2D eigenvalue weighted by Gasteiger charge is -2.24. The molecule has 2 aromatic rings. The van der Waals surface area contributed by atoms with E-state index in [0.29, 0.717) is 29.5 Å². The lowest BCUT2D eigenvalue weighted by atomic mass is 9.85. The van der Waals surface area contributed by atoms with Crippen molar-refractivity contribution in [1.29, 1.82) is 0 Å². The molecule has 1 amide bonds. The van der Waals surface area contributed by atoms with Crippen molar-refractivity contribution in [1.82, 2.24) is 15.1 Å². The van der Waals surface area contributed by atoms with Gasteiger partial charge in [-0.3, -0.25) is 14.3 Å². The summed E-state index contributed by atoms with van der Waals surface area (Å²) in [6, 6.07) is 7.20. The number of hydrogen-bond donors (Lipinski definition) is 2. The first-order chi connectivity index (χ1) is 18.5. The summed E-state index contributed by atoms with van der Waals surface area (Å²) in [5, 5.41) is 17.4. The van der Waals surface area contributed by atoms with E-state index in [2.05, 4.69) is 5.32 Å². The normalized spacial score (nSPS) is 17.9. The molecule has 1 aromatic heterocycles.